The van der Waals surface area contributed by atoms with Gasteiger partial charge in [-0.25, -0.2) is 8.42 Å². The standard InChI is InChI=1S/C13H7Cl2F3N2O4S/c14-10-3-1-7(5-9(10)13(16,17)18)19-25(23,24)8-2-4-11(15)12(6-8)20(21)22/h1-6,19H. The van der Waals surface area contributed by atoms with Crippen LogP contribution in [0.5, 0.6) is 0 Å². The second-order valence-corrected chi connectivity index (χ2v) is 7.17. The van der Waals surface area contributed by atoms with Crippen LogP contribution in [0.15, 0.2) is 41.3 Å². The van der Waals surface area contributed by atoms with E-state index < -0.39 is 48.0 Å². The van der Waals surface area contributed by atoms with Gasteiger partial charge in [-0.2, -0.15) is 13.2 Å². The van der Waals surface area contributed by atoms with Crippen molar-refractivity contribution < 1.29 is 26.5 Å². The first kappa shape index (κ1) is 19.3. The Morgan fingerprint density at radius 3 is 2.20 bits per heavy atom. The first-order chi connectivity index (χ1) is 11.4. The first-order valence-corrected chi connectivity index (χ1v) is 8.49. The summed E-state index contributed by atoms with van der Waals surface area (Å²) in [4.78, 5) is 9.40. The van der Waals surface area contributed by atoms with E-state index in [1.807, 2.05) is 4.72 Å². The van der Waals surface area contributed by atoms with Crippen LogP contribution in [-0.4, -0.2) is 13.3 Å². The van der Waals surface area contributed by atoms with Crippen LogP contribution in [0.4, 0.5) is 24.5 Å². The van der Waals surface area contributed by atoms with Crippen LogP contribution in [0.1, 0.15) is 5.56 Å². The molecule has 0 bridgehead atoms. The molecule has 0 aliphatic heterocycles. The van der Waals surface area contributed by atoms with Crippen LogP contribution in [-0.2, 0) is 16.2 Å². The molecule has 0 amide bonds. The molecule has 12 heteroatoms. The van der Waals surface area contributed by atoms with E-state index in [1.54, 1.807) is 0 Å². The molecule has 0 unspecified atom stereocenters. The van der Waals surface area contributed by atoms with Gasteiger partial charge >= 0.3 is 6.18 Å². The van der Waals surface area contributed by atoms with Gasteiger partial charge in [-0.3, -0.25) is 14.8 Å². The summed E-state index contributed by atoms with van der Waals surface area (Å²) < 4.78 is 64.9. The average molecular weight is 415 g/mol. The quantitative estimate of drug-likeness (QED) is 0.578. The Hall–Kier alpha value is -2.04. The van der Waals surface area contributed by atoms with Crippen LogP contribution >= 0.6 is 23.2 Å². The maximum atomic E-state index is 12.8. The Morgan fingerprint density at radius 2 is 1.64 bits per heavy atom. The van der Waals surface area contributed by atoms with Gasteiger partial charge in [0.05, 0.1) is 20.4 Å². The van der Waals surface area contributed by atoms with Crippen molar-refractivity contribution >= 4 is 44.6 Å². The second kappa shape index (κ2) is 6.70. The van der Waals surface area contributed by atoms with Crippen molar-refractivity contribution in [1.29, 1.82) is 0 Å². The molecule has 134 valence electrons. The lowest BCUT2D eigenvalue weighted by atomic mass is 10.2. The van der Waals surface area contributed by atoms with Gasteiger partial charge in [-0.15, -0.1) is 0 Å². The largest absolute Gasteiger partial charge is 0.417 e. The van der Waals surface area contributed by atoms with Gasteiger partial charge in [0.25, 0.3) is 15.7 Å². The Morgan fingerprint density at radius 1 is 1.04 bits per heavy atom. The number of nitrogens with one attached hydrogen (secondary N) is 1. The van der Waals surface area contributed by atoms with E-state index in [-0.39, 0.29) is 5.02 Å². The minimum atomic E-state index is -4.78. The van der Waals surface area contributed by atoms with E-state index in [9.17, 15) is 31.7 Å². The molecule has 0 heterocycles. The smallest absolute Gasteiger partial charge is 0.280 e. The van der Waals surface area contributed by atoms with Crippen LogP contribution in [0.25, 0.3) is 0 Å². The Kier molecular flexibility index (Phi) is 5.17. The van der Waals surface area contributed by atoms with Crippen LogP contribution in [0, 0.1) is 10.1 Å². The highest BCUT2D eigenvalue weighted by molar-refractivity contribution is 7.92. The molecule has 0 aliphatic rings. The van der Waals surface area contributed by atoms with Gasteiger partial charge in [-0.05, 0) is 30.3 Å². The van der Waals surface area contributed by atoms with Gasteiger partial charge in [0.2, 0.25) is 0 Å². The zero-order chi connectivity index (χ0) is 19.0. The summed E-state index contributed by atoms with van der Waals surface area (Å²) in [5, 5.41) is 9.94. The lowest BCUT2D eigenvalue weighted by Gasteiger charge is -2.13. The summed E-state index contributed by atoms with van der Waals surface area (Å²) in [5.41, 5.74) is -2.29. The minimum Gasteiger partial charge on any atom is -0.280 e. The number of hydrogen-bond donors (Lipinski definition) is 1. The number of hydrogen-bond acceptors (Lipinski definition) is 4. The lowest BCUT2D eigenvalue weighted by Crippen LogP contribution is -2.14. The predicted octanol–water partition coefficient (Wildman–Crippen LogP) is 4.72. The molecule has 0 spiro atoms. The summed E-state index contributed by atoms with van der Waals surface area (Å²) in [6.45, 7) is 0. The van der Waals surface area contributed by atoms with E-state index in [4.69, 9.17) is 23.2 Å². The van der Waals surface area contributed by atoms with Crippen LogP contribution < -0.4 is 4.72 Å². The zero-order valence-corrected chi connectivity index (χ0v) is 14.2. The third kappa shape index (κ3) is 4.33. The normalized spacial score (nSPS) is 12.0. The Bertz CT molecular complexity index is 949. The molecule has 2 aromatic carbocycles. The minimum absolute atomic E-state index is 0.283. The van der Waals surface area contributed by atoms with Crippen molar-refractivity contribution in [2.24, 2.45) is 0 Å². The number of alkyl halides is 3. The summed E-state index contributed by atoms with van der Waals surface area (Å²) >= 11 is 11.0. The Labute approximate surface area is 149 Å². The molecule has 0 atom stereocenters. The van der Waals surface area contributed by atoms with Crippen molar-refractivity contribution in [2.75, 3.05) is 4.72 Å². The van der Waals surface area contributed by atoms with Crippen molar-refractivity contribution in [2.45, 2.75) is 11.1 Å². The summed E-state index contributed by atoms with van der Waals surface area (Å²) in [6, 6.07) is 5.11. The summed E-state index contributed by atoms with van der Waals surface area (Å²) in [5.74, 6) is 0. The maximum Gasteiger partial charge on any atom is 0.417 e. The van der Waals surface area contributed by atoms with Crippen molar-refractivity contribution in [1.82, 2.24) is 0 Å². The zero-order valence-electron chi connectivity index (χ0n) is 11.8. The fourth-order valence-electron chi connectivity index (χ4n) is 1.82. The highest BCUT2D eigenvalue weighted by Crippen LogP contribution is 2.36. The van der Waals surface area contributed by atoms with Gasteiger partial charge in [0, 0.05) is 11.8 Å². The number of rotatable bonds is 4. The average Bonchev–Trinajstić information content (AvgIpc) is 2.47. The number of sulfonamides is 1. The van der Waals surface area contributed by atoms with Crippen molar-refractivity contribution in [3.8, 4) is 0 Å². The van der Waals surface area contributed by atoms with Crippen LogP contribution in [0.2, 0.25) is 10.0 Å². The molecule has 0 saturated heterocycles. The molecule has 25 heavy (non-hydrogen) atoms. The lowest BCUT2D eigenvalue weighted by molar-refractivity contribution is -0.384. The van der Waals surface area contributed by atoms with E-state index in [1.165, 1.54) is 0 Å². The van der Waals surface area contributed by atoms with Gasteiger partial charge in [-0.1, -0.05) is 23.2 Å². The fourth-order valence-corrected chi connectivity index (χ4v) is 3.30. The monoisotopic (exact) mass is 414 g/mol. The SMILES string of the molecule is O=[N+]([O-])c1cc(S(=O)(=O)Nc2ccc(Cl)c(C(F)(F)F)c2)ccc1Cl. The molecule has 0 fully saturated rings. The molecule has 0 radical (unpaired) electrons. The molecule has 1 N–H and O–H groups in total. The number of benzene rings is 2. The molecule has 0 aromatic heterocycles. The number of anilines is 1. The molecular formula is C13H7Cl2F3N2O4S. The molecule has 0 aliphatic carbocycles. The van der Waals surface area contributed by atoms with E-state index in [0.29, 0.717) is 12.1 Å². The third-order valence-electron chi connectivity index (χ3n) is 2.95. The molecule has 2 rings (SSSR count). The fraction of sp³-hybridized carbons (Fsp3) is 0.0769. The molecular weight excluding hydrogens is 408 g/mol. The second-order valence-electron chi connectivity index (χ2n) is 4.67. The summed E-state index contributed by atoms with van der Waals surface area (Å²) in [7, 11) is -4.38. The number of nitro groups is 1. The van der Waals surface area contributed by atoms with Gasteiger partial charge < -0.3 is 0 Å². The topological polar surface area (TPSA) is 89.3 Å². The Balaban J connectivity index is 2.43. The van der Waals surface area contributed by atoms with E-state index >= 15 is 0 Å². The van der Waals surface area contributed by atoms with Crippen molar-refractivity contribution in [3.05, 3.63) is 62.1 Å². The third-order valence-corrected chi connectivity index (χ3v) is 4.98. The maximum absolute atomic E-state index is 12.8. The van der Waals surface area contributed by atoms with Crippen molar-refractivity contribution in [3.63, 3.8) is 0 Å². The number of halogens is 5. The summed E-state index contributed by atoms with van der Waals surface area (Å²) in [6.07, 6.45) is -4.78. The molecule has 0 saturated carbocycles. The first-order valence-electron chi connectivity index (χ1n) is 6.25. The highest BCUT2D eigenvalue weighted by Gasteiger charge is 2.33. The number of nitrogens with zero attached hydrogens (tertiary/aromatic N) is 1. The molecule has 2 aromatic rings. The predicted molar refractivity (Wildman–Crippen MR) is 85.4 cm³/mol. The van der Waals surface area contributed by atoms with E-state index in [0.717, 1.165) is 24.3 Å². The number of nitro benzene ring substituents is 1. The molecule has 6 nitrogen and oxygen atoms in total. The van der Waals surface area contributed by atoms with Crippen LogP contribution in [0.3, 0.4) is 0 Å². The van der Waals surface area contributed by atoms with Gasteiger partial charge in [0.15, 0.2) is 0 Å². The highest BCUT2D eigenvalue weighted by atomic mass is 35.5. The van der Waals surface area contributed by atoms with E-state index in [2.05, 4.69) is 0 Å². The van der Waals surface area contributed by atoms with Gasteiger partial charge in [0.1, 0.15) is 5.02 Å².